The van der Waals surface area contributed by atoms with Gasteiger partial charge in [-0.25, -0.2) is 0 Å². The van der Waals surface area contributed by atoms with E-state index in [1.165, 1.54) is 0 Å². The van der Waals surface area contributed by atoms with Crippen LogP contribution in [-0.4, -0.2) is 18.2 Å². The lowest BCUT2D eigenvalue weighted by atomic mass is 10.2. The van der Waals surface area contributed by atoms with Gasteiger partial charge in [-0.1, -0.05) is 31.9 Å². The lowest BCUT2D eigenvalue weighted by Crippen LogP contribution is -1.98. The van der Waals surface area contributed by atoms with Crippen molar-refractivity contribution in [1.29, 1.82) is 0 Å². The number of aldehydes is 1. The van der Waals surface area contributed by atoms with Crippen molar-refractivity contribution >= 4 is 38.1 Å². The average molecular weight is 308 g/mol. The lowest BCUT2D eigenvalue weighted by molar-refractivity contribution is 0.112. The minimum Gasteiger partial charge on any atom is -0.493 e. The fourth-order valence-electron chi connectivity index (χ4n) is 0.858. The van der Waals surface area contributed by atoms with E-state index in [1.54, 1.807) is 12.1 Å². The summed E-state index contributed by atoms with van der Waals surface area (Å²) in [5.74, 6) is 0.713. The first-order chi connectivity index (χ1) is 6.27. The van der Waals surface area contributed by atoms with E-state index in [4.69, 9.17) is 4.74 Å². The van der Waals surface area contributed by atoms with Crippen LogP contribution < -0.4 is 4.74 Å². The highest BCUT2D eigenvalue weighted by molar-refractivity contribution is 9.10. The van der Waals surface area contributed by atoms with Gasteiger partial charge in [0.1, 0.15) is 5.75 Å². The smallest absolute Gasteiger partial charge is 0.151 e. The second kappa shape index (κ2) is 5.40. The number of carbonyl (C=O) groups is 1. The van der Waals surface area contributed by atoms with Gasteiger partial charge in [0.25, 0.3) is 0 Å². The Bertz CT molecular complexity index is 300. The third kappa shape index (κ3) is 3.12. The Balaban J connectivity index is 2.80. The summed E-state index contributed by atoms with van der Waals surface area (Å²) in [6.07, 6.45) is 0.797. The van der Waals surface area contributed by atoms with E-state index in [0.717, 1.165) is 16.1 Å². The molecule has 0 amide bonds. The summed E-state index contributed by atoms with van der Waals surface area (Å²) in [6.45, 7) is 0.597. The summed E-state index contributed by atoms with van der Waals surface area (Å²) in [6, 6.07) is 5.33. The number of halogens is 2. The monoisotopic (exact) mass is 306 g/mol. The van der Waals surface area contributed by atoms with Crippen molar-refractivity contribution in [2.45, 2.75) is 0 Å². The molecule has 4 heteroatoms. The predicted octanol–water partition coefficient (Wildman–Crippen LogP) is 3.04. The maximum atomic E-state index is 10.6. The number of benzene rings is 1. The van der Waals surface area contributed by atoms with Crippen LogP contribution in [0, 0.1) is 0 Å². The largest absolute Gasteiger partial charge is 0.493 e. The molecule has 1 rings (SSSR count). The molecule has 0 saturated carbocycles. The zero-order valence-corrected chi connectivity index (χ0v) is 9.97. The number of carbonyl (C=O) groups excluding carboxylic acids is 1. The standard InChI is InChI=1S/C9H8Br2O2/c10-3-4-13-8-1-2-9(11)7(5-8)6-12/h1-2,5-6H,3-4H2. The van der Waals surface area contributed by atoms with Gasteiger partial charge in [-0.05, 0) is 18.2 Å². The number of hydrogen-bond donors (Lipinski definition) is 0. The van der Waals surface area contributed by atoms with Crippen LogP contribution in [0.1, 0.15) is 10.4 Å². The second-order valence-corrected chi connectivity index (χ2v) is 3.99. The van der Waals surface area contributed by atoms with Gasteiger partial charge >= 0.3 is 0 Å². The number of rotatable bonds is 4. The highest BCUT2D eigenvalue weighted by atomic mass is 79.9. The molecule has 0 N–H and O–H groups in total. The van der Waals surface area contributed by atoms with Crippen molar-refractivity contribution < 1.29 is 9.53 Å². The lowest BCUT2D eigenvalue weighted by Gasteiger charge is -2.04. The normalized spacial score (nSPS) is 9.69. The first kappa shape index (κ1) is 10.7. The van der Waals surface area contributed by atoms with Crippen LogP contribution in [0.4, 0.5) is 0 Å². The summed E-state index contributed by atoms with van der Waals surface area (Å²) in [4.78, 5) is 10.6. The molecule has 1 aromatic rings. The molecule has 0 aliphatic heterocycles. The second-order valence-electron chi connectivity index (χ2n) is 2.34. The minimum absolute atomic E-state index is 0.597. The SMILES string of the molecule is O=Cc1cc(OCCBr)ccc1Br. The van der Waals surface area contributed by atoms with Crippen LogP contribution in [0.15, 0.2) is 22.7 Å². The fourth-order valence-corrected chi connectivity index (χ4v) is 1.36. The van der Waals surface area contributed by atoms with Crippen molar-refractivity contribution in [3.8, 4) is 5.75 Å². The molecule has 0 aromatic heterocycles. The molecule has 0 heterocycles. The van der Waals surface area contributed by atoms with E-state index >= 15 is 0 Å². The Labute approximate surface area is 93.5 Å². The zero-order chi connectivity index (χ0) is 9.68. The highest BCUT2D eigenvalue weighted by Gasteiger charge is 2.00. The van der Waals surface area contributed by atoms with E-state index in [9.17, 15) is 4.79 Å². The number of alkyl halides is 1. The topological polar surface area (TPSA) is 26.3 Å². The molecule has 2 nitrogen and oxygen atoms in total. The molecular weight excluding hydrogens is 300 g/mol. The molecular formula is C9H8Br2O2. The van der Waals surface area contributed by atoms with Crippen LogP contribution in [0.3, 0.4) is 0 Å². The molecule has 0 spiro atoms. The zero-order valence-electron chi connectivity index (χ0n) is 6.80. The van der Waals surface area contributed by atoms with E-state index < -0.39 is 0 Å². The van der Waals surface area contributed by atoms with E-state index in [1.807, 2.05) is 6.07 Å². The van der Waals surface area contributed by atoms with Crippen LogP contribution in [0.25, 0.3) is 0 Å². The van der Waals surface area contributed by atoms with Crippen LogP contribution in [0.2, 0.25) is 0 Å². The van der Waals surface area contributed by atoms with Crippen LogP contribution >= 0.6 is 31.9 Å². The van der Waals surface area contributed by atoms with E-state index in [0.29, 0.717) is 17.9 Å². The van der Waals surface area contributed by atoms with Crippen LogP contribution in [0.5, 0.6) is 5.75 Å². The van der Waals surface area contributed by atoms with Gasteiger partial charge in [0.15, 0.2) is 6.29 Å². The maximum absolute atomic E-state index is 10.6. The fraction of sp³-hybridized carbons (Fsp3) is 0.222. The van der Waals surface area contributed by atoms with Gasteiger partial charge in [-0.2, -0.15) is 0 Å². The predicted molar refractivity (Wildman–Crippen MR) is 58.8 cm³/mol. The van der Waals surface area contributed by atoms with Gasteiger partial charge < -0.3 is 4.74 Å². The van der Waals surface area contributed by atoms with Gasteiger partial charge in [-0.3, -0.25) is 4.79 Å². The molecule has 0 unspecified atom stereocenters. The summed E-state index contributed by atoms with van der Waals surface area (Å²) < 4.78 is 6.11. The van der Waals surface area contributed by atoms with E-state index in [2.05, 4.69) is 31.9 Å². The molecule has 0 aliphatic carbocycles. The molecule has 0 aliphatic rings. The van der Waals surface area contributed by atoms with Gasteiger partial charge in [-0.15, -0.1) is 0 Å². The number of ether oxygens (including phenoxy) is 1. The van der Waals surface area contributed by atoms with Crippen molar-refractivity contribution in [3.05, 3.63) is 28.2 Å². The van der Waals surface area contributed by atoms with Crippen molar-refractivity contribution in [2.75, 3.05) is 11.9 Å². The quantitative estimate of drug-likeness (QED) is 0.631. The first-order valence-corrected chi connectivity index (χ1v) is 5.63. The minimum atomic E-state index is 0.597. The van der Waals surface area contributed by atoms with E-state index in [-0.39, 0.29) is 0 Å². The Morgan fingerprint density at radius 1 is 1.46 bits per heavy atom. The summed E-state index contributed by atoms with van der Waals surface area (Å²) in [5, 5.41) is 0.777. The van der Waals surface area contributed by atoms with Gasteiger partial charge in [0.05, 0.1) is 6.61 Å². The number of hydrogen-bond acceptors (Lipinski definition) is 2. The summed E-state index contributed by atoms with van der Waals surface area (Å²) in [7, 11) is 0. The van der Waals surface area contributed by atoms with Crippen molar-refractivity contribution in [3.63, 3.8) is 0 Å². The summed E-state index contributed by atoms with van der Waals surface area (Å²) in [5.41, 5.74) is 0.604. The summed E-state index contributed by atoms with van der Waals surface area (Å²) >= 11 is 6.52. The molecule has 0 bridgehead atoms. The molecule has 70 valence electrons. The third-order valence-electron chi connectivity index (χ3n) is 1.44. The Kier molecular flexibility index (Phi) is 4.45. The molecule has 0 atom stereocenters. The Morgan fingerprint density at radius 3 is 2.85 bits per heavy atom. The molecule has 0 radical (unpaired) electrons. The van der Waals surface area contributed by atoms with Gasteiger partial charge in [0, 0.05) is 15.4 Å². The van der Waals surface area contributed by atoms with Crippen LogP contribution in [-0.2, 0) is 0 Å². The molecule has 0 saturated heterocycles. The molecule has 1 aromatic carbocycles. The maximum Gasteiger partial charge on any atom is 0.151 e. The van der Waals surface area contributed by atoms with Crippen molar-refractivity contribution in [2.24, 2.45) is 0 Å². The Morgan fingerprint density at radius 2 is 2.23 bits per heavy atom. The van der Waals surface area contributed by atoms with Gasteiger partial charge in [0.2, 0.25) is 0 Å². The molecule has 0 fully saturated rings. The average Bonchev–Trinajstić information content (AvgIpc) is 2.16. The first-order valence-electron chi connectivity index (χ1n) is 3.71. The Hall–Kier alpha value is -0.350. The van der Waals surface area contributed by atoms with Crippen molar-refractivity contribution in [1.82, 2.24) is 0 Å². The molecule has 13 heavy (non-hydrogen) atoms. The third-order valence-corrected chi connectivity index (χ3v) is 2.49. The highest BCUT2D eigenvalue weighted by Crippen LogP contribution is 2.21.